The zero-order valence-electron chi connectivity index (χ0n) is 7.41. The van der Waals surface area contributed by atoms with Gasteiger partial charge in [0.05, 0.1) is 5.69 Å². The molecule has 3 rings (SSSR count). The minimum Gasteiger partial charge on any atom is -0.334 e. The molecule has 0 spiro atoms. The molecule has 2 unspecified atom stereocenters. The van der Waals surface area contributed by atoms with Gasteiger partial charge in [0.1, 0.15) is 5.82 Å². The monoisotopic (exact) mass is 160 g/mol. The number of allylic oxidation sites excluding steroid dienone is 1. The van der Waals surface area contributed by atoms with Crippen molar-refractivity contribution < 1.29 is 0 Å². The minimum absolute atomic E-state index is 0.788. The molecule has 2 aliphatic carbocycles. The molecular weight excluding hydrogens is 148 g/mol. The van der Waals surface area contributed by atoms with Gasteiger partial charge in [-0.2, -0.15) is 0 Å². The van der Waals surface area contributed by atoms with Crippen molar-refractivity contribution in [3.63, 3.8) is 0 Å². The zero-order valence-corrected chi connectivity index (χ0v) is 7.41. The van der Waals surface area contributed by atoms with Crippen LogP contribution in [0.25, 0.3) is 6.08 Å². The van der Waals surface area contributed by atoms with Crippen LogP contribution in [0.15, 0.2) is 6.08 Å². The molecule has 0 saturated heterocycles. The Kier molecular flexibility index (Phi) is 0.978. The fourth-order valence-electron chi connectivity index (χ4n) is 2.17. The van der Waals surface area contributed by atoms with Crippen LogP contribution in [0, 0.1) is 12.8 Å². The Balaban J connectivity index is 2.27. The molecule has 12 heavy (non-hydrogen) atoms. The summed E-state index contributed by atoms with van der Waals surface area (Å²) in [5.74, 6) is 2.75. The highest BCUT2D eigenvalue weighted by atomic mass is 15.1. The predicted octanol–water partition coefficient (Wildman–Crippen LogP) is 1.86. The number of imidazole rings is 1. The van der Waals surface area contributed by atoms with Crippen LogP contribution in [0.2, 0.25) is 0 Å². The van der Waals surface area contributed by atoms with Crippen LogP contribution in [0.3, 0.4) is 0 Å². The van der Waals surface area contributed by atoms with Gasteiger partial charge < -0.3 is 4.57 Å². The lowest BCUT2D eigenvalue weighted by molar-refractivity contribution is 0.777. The van der Waals surface area contributed by atoms with Crippen LogP contribution in [0.4, 0.5) is 0 Å². The topological polar surface area (TPSA) is 17.8 Å². The molecule has 2 nitrogen and oxygen atoms in total. The molecule has 2 aliphatic rings. The van der Waals surface area contributed by atoms with Gasteiger partial charge in [-0.25, -0.2) is 4.98 Å². The van der Waals surface area contributed by atoms with Gasteiger partial charge in [0.25, 0.3) is 0 Å². The van der Waals surface area contributed by atoms with Gasteiger partial charge in [0.15, 0.2) is 0 Å². The van der Waals surface area contributed by atoms with Crippen molar-refractivity contribution in [2.24, 2.45) is 13.0 Å². The summed E-state index contributed by atoms with van der Waals surface area (Å²) < 4.78 is 2.24. The molecule has 0 aliphatic heterocycles. The van der Waals surface area contributed by atoms with E-state index in [1.54, 1.807) is 0 Å². The molecular formula is C10H12N2. The first-order valence-electron chi connectivity index (χ1n) is 4.49. The number of hydrogen-bond donors (Lipinski definition) is 0. The molecule has 1 aromatic rings. The largest absolute Gasteiger partial charge is 0.334 e. The Morgan fingerprint density at radius 3 is 3.25 bits per heavy atom. The second kappa shape index (κ2) is 1.82. The summed E-state index contributed by atoms with van der Waals surface area (Å²) in [7, 11) is 2.12. The van der Waals surface area contributed by atoms with Gasteiger partial charge in [-0.3, -0.25) is 0 Å². The lowest BCUT2D eigenvalue weighted by atomic mass is 10.1. The molecule has 2 atom stereocenters. The summed E-state index contributed by atoms with van der Waals surface area (Å²) in [6.07, 6.45) is 5.82. The third kappa shape index (κ3) is 0.631. The number of nitrogens with zero attached hydrogens (tertiary/aromatic N) is 2. The normalized spacial score (nSPS) is 29.8. The summed E-state index contributed by atoms with van der Waals surface area (Å²) >= 11 is 0. The van der Waals surface area contributed by atoms with Gasteiger partial charge in [0, 0.05) is 18.7 Å². The lowest BCUT2D eigenvalue weighted by Crippen LogP contribution is -1.99. The van der Waals surface area contributed by atoms with Crippen molar-refractivity contribution in [2.45, 2.75) is 19.3 Å². The Morgan fingerprint density at radius 1 is 1.58 bits per heavy atom. The Hall–Kier alpha value is -1.05. The van der Waals surface area contributed by atoms with Gasteiger partial charge in [-0.05, 0) is 25.3 Å². The highest BCUT2D eigenvalue weighted by Crippen LogP contribution is 2.52. The standard InChI is InChI=1S/C10H12N2/c1-6-11-9-4-3-7-5-8(7)10(9)12(6)2/h3-4,7-8H,5H2,1-2H3. The van der Waals surface area contributed by atoms with E-state index in [0.29, 0.717) is 0 Å². The molecule has 1 fully saturated rings. The predicted molar refractivity (Wildman–Crippen MR) is 47.8 cm³/mol. The molecule has 1 aromatic heterocycles. The van der Waals surface area contributed by atoms with E-state index in [1.165, 1.54) is 17.8 Å². The molecule has 0 bridgehead atoms. The van der Waals surface area contributed by atoms with E-state index in [9.17, 15) is 0 Å². The highest BCUT2D eigenvalue weighted by molar-refractivity contribution is 5.56. The maximum absolute atomic E-state index is 4.50. The maximum atomic E-state index is 4.50. The Labute approximate surface area is 71.9 Å². The molecule has 62 valence electrons. The fraction of sp³-hybridized carbons (Fsp3) is 0.500. The zero-order chi connectivity index (χ0) is 8.29. The molecule has 0 amide bonds. The SMILES string of the molecule is Cc1nc2c(n1C)C1CC1C=C2. The average Bonchev–Trinajstić information content (AvgIpc) is 2.76. The summed E-state index contributed by atoms with van der Waals surface area (Å²) in [5, 5.41) is 0. The average molecular weight is 160 g/mol. The van der Waals surface area contributed by atoms with Gasteiger partial charge >= 0.3 is 0 Å². The van der Waals surface area contributed by atoms with E-state index in [-0.39, 0.29) is 0 Å². The van der Waals surface area contributed by atoms with E-state index in [1.807, 2.05) is 0 Å². The highest BCUT2D eigenvalue weighted by Gasteiger charge is 2.42. The molecule has 2 heteroatoms. The van der Waals surface area contributed by atoms with E-state index in [4.69, 9.17) is 0 Å². The van der Waals surface area contributed by atoms with E-state index in [2.05, 4.69) is 35.7 Å². The van der Waals surface area contributed by atoms with Crippen LogP contribution in [0.1, 0.15) is 29.6 Å². The van der Waals surface area contributed by atoms with Crippen molar-refractivity contribution in [2.75, 3.05) is 0 Å². The smallest absolute Gasteiger partial charge is 0.106 e. The molecule has 1 heterocycles. The summed E-state index contributed by atoms with van der Waals surface area (Å²) in [6.45, 7) is 2.07. The first-order valence-corrected chi connectivity index (χ1v) is 4.49. The van der Waals surface area contributed by atoms with Crippen LogP contribution >= 0.6 is 0 Å². The van der Waals surface area contributed by atoms with Crippen LogP contribution in [0.5, 0.6) is 0 Å². The quantitative estimate of drug-likeness (QED) is 0.566. The summed E-state index contributed by atoms with van der Waals surface area (Å²) in [6, 6.07) is 0. The second-order valence-corrected chi connectivity index (χ2v) is 3.85. The second-order valence-electron chi connectivity index (χ2n) is 3.85. The Bertz CT molecular complexity index is 373. The van der Waals surface area contributed by atoms with Crippen LogP contribution in [-0.2, 0) is 7.05 Å². The van der Waals surface area contributed by atoms with Gasteiger partial charge in [-0.1, -0.05) is 6.08 Å². The van der Waals surface area contributed by atoms with Crippen LogP contribution in [-0.4, -0.2) is 9.55 Å². The van der Waals surface area contributed by atoms with Crippen molar-refractivity contribution in [3.05, 3.63) is 23.3 Å². The Morgan fingerprint density at radius 2 is 2.42 bits per heavy atom. The van der Waals surface area contributed by atoms with Crippen molar-refractivity contribution in [1.29, 1.82) is 0 Å². The van der Waals surface area contributed by atoms with Gasteiger partial charge in [0.2, 0.25) is 0 Å². The third-order valence-electron chi connectivity index (χ3n) is 3.08. The van der Waals surface area contributed by atoms with E-state index in [0.717, 1.165) is 17.7 Å². The first-order chi connectivity index (χ1) is 5.77. The summed E-state index contributed by atoms with van der Waals surface area (Å²) in [4.78, 5) is 4.50. The fourth-order valence-corrected chi connectivity index (χ4v) is 2.17. The maximum Gasteiger partial charge on any atom is 0.106 e. The number of hydrogen-bond acceptors (Lipinski definition) is 1. The number of fused-ring (bicyclic) bond motifs is 3. The number of rotatable bonds is 0. The van der Waals surface area contributed by atoms with E-state index >= 15 is 0 Å². The molecule has 1 saturated carbocycles. The van der Waals surface area contributed by atoms with E-state index < -0.39 is 0 Å². The number of aryl methyl sites for hydroxylation is 1. The van der Waals surface area contributed by atoms with Gasteiger partial charge in [-0.15, -0.1) is 0 Å². The number of aromatic nitrogens is 2. The van der Waals surface area contributed by atoms with Crippen LogP contribution < -0.4 is 0 Å². The summed E-state index contributed by atoms with van der Waals surface area (Å²) in [5.41, 5.74) is 2.66. The van der Waals surface area contributed by atoms with Crippen molar-refractivity contribution >= 4 is 6.08 Å². The minimum atomic E-state index is 0.788. The lowest BCUT2D eigenvalue weighted by Gasteiger charge is -2.05. The van der Waals surface area contributed by atoms with Crippen molar-refractivity contribution in [1.82, 2.24) is 9.55 Å². The third-order valence-corrected chi connectivity index (χ3v) is 3.08. The molecule has 0 radical (unpaired) electrons. The first kappa shape index (κ1) is 6.46. The van der Waals surface area contributed by atoms with Crippen molar-refractivity contribution in [3.8, 4) is 0 Å². The molecule has 0 N–H and O–H groups in total. The molecule has 0 aromatic carbocycles.